The molecular formula is C24H22N4O4S. The summed E-state index contributed by atoms with van der Waals surface area (Å²) in [6, 6.07) is 20.2. The fraction of sp³-hybridized carbons (Fsp3) is 0.125. The van der Waals surface area contributed by atoms with Gasteiger partial charge in [0.15, 0.2) is 0 Å². The number of hydrogen-bond acceptors (Lipinski definition) is 6. The van der Waals surface area contributed by atoms with Crippen molar-refractivity contribution >= 4 is 27.3 Å². The molecule has 4 aromatic rings. The third kappa shape index (κ3) is 4.63. The van der Waals surface area contributed by atoms with E-state index in [-0.39, 0.29) is 17.3 Å². The second-order valence-electron chi connectivity index (χ2n) is 7.26. The monoisotopic (exact) mass is 462 g/mol. The number of sulfonamides is 1. The first-order valence-electron chi connectivity index (χ1n) is 10.3. The summed E-state index contributed by atoms with van der Waals surface area (Å²) in [5.41, 5.74) is 3.04. The van der Waals surface area contributed by atoms with Crippen LogP contribution in [0.15, 0.2) is 88.5 Å². The van der Waals surface area contributed by atoms with E-state index in [9.17, 15) is 13.2 Å². The second kappa shape index (κ2) is 9.25. The first-order chi connectivity index (χ1) is 15.9. The molecule has 1 heterocycles. The minimum absolute atomic E-state index is 0.110. The van der Waals surface area contributed by atoms with Gasteiger partial charge in [-0.15, -0.1) is 10.2 Å². The van der Waals surface area contributed by atoms with Crippen molar-refractivity contribution in [3.8, 4) is 11.5 Å². The molecule has 168 valence electrons. The Balaban J connectivity index is 1.55. The van der Waals surface area contributed by atoms with E-state index in [1.54, 1.807) is 37.3 Å². The molecule has 0 fully saturated rings. The number of carbonyl (C=O) groups is 1. The Kier molecular flexibility index (Phi) is 6.23. The SMILES string of the molecule is CCN(c1ccccc1)S(=O)(=O)c1ccc(C(=O)Nc2cc(-c3nnco3)ccc2C)cc1. The molecule has 0 aliphatic carbocycles. The molecule has 0 aliphatic rings. The summed E-state index contributed by atoms with van der Waals surface area (Å²) in [5.74, 6) is -0.0147. The van der Waals surface area contributed by atoms with E-state index in [0.29, 0.717) is 28.4 Å². The Labute approximate surface area is 191 Å². The molecule has 8 nitrogen and oxygen atoms in total. The first kappa shape index (κ1) is 22.2. The van der Waals surface area contributed by atoms with Crippen molar-refractivity contribution in [2.75, 3.05) is 16.2 Å². The summed E-state index contributed by atoms with van der Waals surface area (Å²) in [4.78, 5) is 12.9. The van der Waals surface area contributed by atoms with Gasteiger partial charge in [0.05, 0.1) is 10.6 Å². The zero-order valence-electron chi connectivity index (χ0n) is 18.1. The summed E-state index contributed by atoms with van der Waals surface area (Å²) >= 11 is 0. The van der Waals surface area contributed by atoms with Crippen LogP contribution in [0.4, 0.5) is 11.4 Å². The van der Waals surface area contributed by atoms with Crippen molar-refractivity contribution in [1.29, 1.82) is 0 Å². The predicted octanol–water partition coefficient (Wildman–Crippen LogP) is 4.51. The Morgan fingerprint density at radius 3 is 2.39 bits per heavy atom. The Hall–Kier alpha value is -3.98. The molecule has 0 radical (unpaired) electrons. The lowest BCUT2D eigenvalue weighted by molar-refractivity contribution is 0.102. The van der Waals surface area contributed by atoms with Gasteiger partial charge in [0.1, 0.15) is 0 Å². The molecule has 33 heavy (non-hydrogen) atoms. The Bertz CT molecular complexity index is 1350. The standard InChI is InChI=1S/C24H22N4O4S/c1-3-28(20-7-5-4-6-8-20)33(30,31)21-13-11-18(12-14-21)23(29)26-22-15-19(10-9-17(22)2)24-27-25-16-32-24/h4-16H,3H2,1-2H3,(H,26,29). The number of hydrogen-bond donors (Lipinski definition) is 1. The van der Waals surface area contributed by atoms with Crippen LogP contribution in [0.5, 0.6) is 0 Å². The van der Waals surface area contributed by atoms with Crippen LogP contribution >= 0.6 is 0 Å². The van der Waals surface area contributed by atoms with E-state index in [1.807, 2.05) is 25.1 Å². The summed E-state index contributed by atoms with van der Waals surface area (Å²) in [6.45, 7) is 3.92. The quantitative estimate of drug-likeness (QED) is 0.433. The normalized spacial score (nSPS) is 11.2. The van der Waals surface area contributed by atoms with Gasteiger partial charge in [-0.2, -0.15) is 0 Å². The molecule has 0 aliphatic heterocycles. The van der Waals surface area contributed by atoms with Crippen LogP contribution in [-0.2, 0) is 10.0 Å². The van der Waals surface area contributed by atoms with Gasteiger partial charge in [0.25, 0.3) is 15.9 Å². The lowest BCUT2D eigenvalue weighted by Gasteiger charge is -2.23. The minimum Gasteiger partial charge on any atom is -0.423 e. The molecule has 1 N–H and O–H groups in total. The van der Waals surface area contributed by atoms with Crippen LogP contribution in [0.1, 0.15) is 22.8 Å². The Morgan fingerprint density at radius 1 is 1.03 bits per heavy atom. The van der Waals surface area contributed by atoms with E-state index in [0.717, 1.165) is 5.56 Å². The fourth-order valence-electron chi connectivity index (χ4n) is 3.37. The van der Waals surface area contributed by atoms with Gasteiger partial charge < -0.3 is 9.73 Å². The average molecular weight is 463 g/mol. The lowest BCUT2D eigenvalue weighted by Crippen LogP contribution is -2.30. The number of aryl methyl sites for hydroxylation is 1. The van der Waals surface area contributed by atoms with Crippen molar-refractivity contribution in [3.63, 3.8) is 0 Å². The van der Waals surface area contributed by atoms with Crippen molar-refractivity contribution in [2.24, 2.45) is 0 Å². The predicted molar refractivity (Wildman–Crippen MR) is 126 cm³/mol. The highest BCUT2D eigenvalue weighted by Gasteiger charge is 2.23. The minimum atomic E-state index is -3.76. The number of benzene rings is 3. The maximum Gasteiger partial charge on any atom is 0.264 e. The number of aromatic nitrogens is 2. The highest BCUT2D eigenvalue weighted by molar-refractivity contribution is 7.92. The van der Waals surface area contributed by atoms with Crippen molar-refractivity contribution in [1.82, 2.24) is 10.2 Å². The summed E-state index contributed by atoms with van der Waals surface area (Å²) in [7, 11) is -3.76. The number of nitrogens with zero attached hydrogens (tertiary/aromatic N) is 3. The van der Waals surface area contributed by atoms with Crippen molar-refractivity contribution in [2.45, 2.75) is 18.7 Å². The van der Waals surface area contributed by atoms with Crippen LogP contribution in [-0.4, -0.2) is 31.1 Å². The number of carbonyl (C=O) groups excluding carboxylic acids is 1. The van der Waals surface area contributed by atoms with Crippen LogP contribution in [0.25, 0.3) is 11.5 Å². The largest absolute Gasteiger partial charge is 0.423 e. The topological polar surface area (TPSA) is 105 Å². The van der Waals surface area contributed by atoms with Gasteiger partial charge >= 0.3 is 0 Å². The van der Waals surface area contributed by atoms with Gasteiger partial charge in [0.2, 0.25) is 12.3 Å². The van der Waals surface area contributed by atoms with E-state index in [4.69, 9.17) is 4.42 Å². The summed E-state index contributed by atoms with van der Waals surface area (Å²) < 4.78 is 32.8. The zero-order valence-corrected chi connectivity index (χ0v) is 18.9. The number of anilines is 2. The third-order valence-corrected chi connectivity index (χ3v) is 7.05. The molecule has 9 heteroatoms. The highest BCUT2D eigenvalue weighted by atomic mass is 32.2. The maximum absolute atomic E-state index is 13.1. The molecular weight excluding hydrogens is 440 g/mol. The first-order valence-corrected chi connectivity index (χ1v) is 11.7. The molecule has 0 unspecified atom stereocenters. The number of para-hydroxylation sites is 1. The number of amides is 1. The van der Waals surface area contributed by atoms with Crippen molar-refractivity contribution < 1.29 is 17.6 Å². The highest BCUT2D eigenvalue weighted by Crippen LogP contribution is 2.26. The van der Waals surface area contributed by atoms with Crippen LogP contribution in [0.3, 0.4) is 0 Å². The Morgan fingerprint density at radius 2 is 1.76 bits per heavy atom. The molecule has 0 saturated carbocycles. The maximum atomic E-state index is 13.1. The van der Waals surface area contributed by atoms with E-state index in [2.05, 4.69) is 15.5 Å². The van der Waals surface area contributed by atoms with E-state index >= 15 is 0 Å². The van der Waals surface area contributed by atoms with E-state index < -0.39 is 10.0 Å². The summed E-state index contributed by atoms with van der Waals surface area (Å²) in [6.07, 6.45) is 1.24. The molecule has 0 atom stereocenters. The van der Waals surface area contributed by atoms with Crippen molar-refractivity contribution in [3.05, 3.63) is 90.3 Å². The van der Waals surface area contributed by atoms with Crippen LogP contribution in [0, 0.1) is 6.92 Å². The lowest BCUT2D eigenvalue weighted by atomic mass is 10.1. The molecule has 0 bridgehead atoms. The zero-order chi connectivity index (χ0) is 23.4. The van der Waals surface area contributed by atoms with Gasteiger partial charge in [-0.1, -0.05) is 24.3 Å². The van der Waals surface area contributed by atoms with Gasteiger partial charge in [-0.25, -0.2) is 8.42 Å². The molecule has 4 rings (SSSR count). The van der Waals surface area contributed by atoms with Gasteiger partial charge in [-0.05, 0) is 67.9 Å². The third-order valence-electron chi connectivity index (χ3n) is 5.13. The molecule has 3 aromatic carbocycles. The van der Waals surface area contributed by atoms with Gasteiger partial charge in [0, 0.05) is 23.4 Å². The molecule has 0 spiro atoms. The van der Waals surface area contributed by atoms with E-state index in [1.165, 1.54) is 35.0 Å². The average Bonchev–Trinajstić information content (AvgIpc) is 3.36. The van der Waals surface area contributed by atoms with Crippen LogP contribution in [0.2, 0.25) is 0 Å². The summed E-state index contributed by atoms with van der Waals surface area (Å²) in [5, 5.41) is 10.4. The molecule has 0 saturated heterocycles. The molecule has 1 aromatic heterocycles. The second-order valence-corrected chi connectivity index (χ2v) is 9.12. The fourth-order valence-corrected chi connectivity index (χ4v) is 4.85. The van der Waals surface area contributed by atoms with Crippen LogP contribution < -0.4 is 9.62 Å². The van der Waals surface area contributed by atoms with Gasteiger partial charge in [-0.3, -0.25) is 9.10 Å². The molecule has 1 amide bonds. The smallest absolute Gasteiger partial charge is 0.264 e. The number of nitrogens with one attached hydrogen (secondary N) is 1. The number of rotatable bonds is 7.